The molecule has 1 aromatic heterocycles. The number of thiophene rings is 1. The van der Waals surface area contributed by atoms with Crippen molar-refractivity contribution in [3.8, 4) is 0 Å². The van der Waals surface area contributed by atoms with Gasteiger partial charge in [-0.3, -0.25) is 0 Å². The largest absolute Gasteiger partial charge is 0.310 e. The Labute approximate surface area is 136 Å². The van der Waals surface area contributed by atoms with Crippen molar-refractivity contribution in [2.45, 2.75) is 57.1 Å². The van der Waals surface area contributed by atoms with Gasteiger partial charge in [-0.25, -0.2) is 13.1 Å². The van der Waals surface area contributed by atoms with E-state index >= 15 is 0 Å². The molecule has 1 aromatic rings. The molecule has 0 bridgehead atoms. The van der Waals surface area contributed by atoms with Crippen molar-refractivity contribution in [1.29, 1.82) is 0 Å². The van der Waals surface area contributed by atoms with Gasteiger partial charge < -0.3 is 5.32 Å². The van der Waals surface area contributed by atoms with E-state index in [0.717, 1.165) is 40.6 Å². The molecule has 2 N–H and O–H groups in total. The molecule has 0 saturated carbocycles. The summed E-state index contributed by atoms with van der Waals surface area (Å²) in [5, 5.41) is 3.33. The quantitative estimate of drug-likeness (QED) is 0.830. The van der Waals surface area contributed by atoms with E-state index < -0.39 is 10.0 Å². The third-order valence-electron chi connectivity index (χ3n) is 3.44. The minimum atomic E-state index is -3.38. The summed E-state index contributed by atoms with van der Waals surface area (Å²) in [4.78, 5) is 2.39. The Hall–Kier alpha value is -0.0800. The molecule has 0 spiro atoms. The highest BCUT2D eigenvalue weighted by atomic mass is 32.2. The number of rotatable bonds is 6. The second-order valence-corrected chi connectivity index (χ2v) is 9.92. The first-order valence-corrected chi connectivity index (χ1v) is 10.8. The standard InChI is InChI=1S/C14H24N2O2S3/c1-10(2)15-9-13-8-14(11(3)20-13)21(17,18)16-12-4-6-19-7-5-12/h8,10,12,15-16H,4-7,9H2,1-3H3. The average molecular weight is 349 g/mol. The number of hydrogen-bond donors (Lipinski definition) is 2. The smallest absolute Gasteiger partial charge is 0.241 e. The molecule has 0 unspecified atom stereocenters. The molecule has 0 amide bonds. The van der Waals surface area contributed by atoms with Crippen LogP contribution >= 0.6 is 23.1 Å². The third kappa shape index (κ3) is 4.96. The van der Waals surface area contributed by atoms with E-state index in [2.05, 4.69) is 23.9 Å². The van der Waals surface area contributed by atoms with Gasteiger partial charge in [0.2, 0.25) is 10.0 Å². The van der Waals surface area contributed by atoms with E-state index in [9.17, 15) is 8.42 Å². The zero-order chi connectivity index (χ0) is 15.5. The first-order valence-electron chi connectivity index (χ1n) is 7.31. The Morgan fingerprint density at radius 2 is 2.00 bits per heavy atom. The van der Waals surface area contributed by atoms with Gasteiger partial charge in [0.15, 0.2) is 0 Å². The molecule has 21 heavy (non-hydrogen) atoms. The van der Waals surface area contributed by atoms with Crippen LogP contribution in [-0.4, -0.2) is 32.0 Å². The topological polar surface area (TPSA) is 58.2 Å². The van der Waals surface area contributed by atoms with Crippen molar-refractivity contribution in [2.75, 3.05) is 11.5 Å². The minimum absolute atomic E-state index is 0.0905. The maximum absolute atomic E-state index is 12.5. The summed E-state index contributed by atoms with van der Waals surface area (Å²) < 4.78 is 28.0. The summed E-state index contributed by atoms with van der Waals surface area (Å²) in [6.07, 6.45) is 1.85. The summed E-state index contributed by atoms with van der Waals surface area (Å²) in [5.41, 5.74) is 0. The highest BCUT2D eigenvalue weighted by molar-refractivity contribution is 7.99. The molecule has 0 radical (unpaired) electrons. The van der Waals surface area contributed by atoms with Crippen LogP contribution in [0.1, 0.15) is 36.4 Å². The molecule has 2 heterocycles. The molecule has 1 saturated heterocycles. The number of nitrogens with one attached hydrogen (secondary N) is 2. The molecular weight excluding hydrogens is 324 g/mol. The lowest BCUT2D eigenvalue weighted by Gasteiger charge is -2.22. The Morgan fingerprint density at radius 1 is 1.33 bits per heavy atom. The zero-order valence-electron chi connectivity index (χ0n) is 12.8. The van der Waals surface area contributed by atoms with E-state index in [1.807, 2.05) is 24.8 Å². The zero-order valence-corrected chi connectivity index (χ0v) is 15.3. The molecular formula is C14H24N2O2S3. The van der Waals surface area contributed by atoms with E-state index in [-0.39, 0.29) is 6.04 Å². The van der Waals surface area contributed by atoms with Crippen molar-refractivity contribution < 1.29 is 8.42 Å². The Kier molecular flexibility index (Phi) is 6.14. The van der Waals surface area contributed by atoms with Gasteiger partial charge in [-0.15, -0.1) is 11.3 Å². The third-order valence-corrected chi connectivity index (χ3v) is 7.32. The van der Waals surface area contributed by atoms with Crippen LogP contribution in [0.3, 0.4) is 0 Å². The van der Waals surface area contributed by atoms with E-state index in [1.54, 1.807) is 11.3 Å². The summed E-state index contributed by atoms with van der Waals surface area (Å²) >= 11 is 3.46. The molecule has 120 valence electrons. The Morgan fingerprint density at radius 3 is 2.62 bits per heavy atom. The Bertz CT molecular complexity index is 561. The maximum Gasteiger partial charge on any atom is 0.241 e. The van der Waals surface area contributed by atoms with E-state index in [0.29, 0.717) is 10.9 Å². The van der Waals surface area contributed by atoms with Crippen LogP contribution in [0.2, 0.25) is 0 Å². The lowest BCUT2D eigenvalue weighted by atomic mass is 10.2. The highest BCUT2D eigenvalue weighted by Gasteiger charge is 2.24. The van der Waals surface area contributed by atoms with Crippen molar-refractivity contribution in [2.24, 2.45) is 0 Å². The summed E-state index contributed by atoms with van der Waals surface area (Å²) in [5.74, 6) is 2.08. The second kappa shape index (κ2) is 7.46. The van der Waals surface area contributed by atoms with Gasteiger partial charge in [0, 0.05) is 28.4 Å². The maximum atomic E-state index is 12.5. The second-order valence-electron chi connectivity index (χ2n) is 5.68. The van der Waals surface area contributed by atoms with Crippen LogP contribution in [0.5, 0.6) is 0 Å². The number of aryl methyl sites for hydroxylation is 1. The predicted octanol–water partition coefficient (Wildman–Crippen LogP) is 2.73. The van der Waals surface area contributed by atoms with Gasteiger partial charge >= 0.3 is 0 Å². The first kappa shape index (κ1) is 17.3. The van der Waals surface area contributed by atoms with Gasteiger partial charge in [-0.1, -0.05) is 13.8 Å². The van der Waals surface area contributed by atoms with Crippen LogP contribution in [0, 0.1) is 6.92 Å². The molecule has 0 aromatic carbocycles. The average Bonchev–Trinajstić information content (AvgIpc) is 2.79. The Balaban J connectivity index is 2.08. The molecule has 0 aliphatic carbocycles. The van der Waals surface area contributed by atoms with Gasteiger partial charge in [0.05, 0.1) is 4.90 Å². The van der Waals surface area contributed by atoms with E-state index in [4.69, 9.17) is 0 Å². The number of thioether (sulfide) groups is 1. The van der Waals surface area contributed by atoms with Crippen LogP contribution in [-0.2, 0) is 16.6 Å². The van der Waals surface area contributed by atoms with Crippen molar-refractivity contribution in [3.05, 3.63) is 15.8 Å². The fraction of sp³-hybridized carbons (Fsp3) is 0.714. The van der Waals surface area contributed by atoms with Crippen LogP contribution < -0.4 is 10.0 Å². The van der Waals surface area contributed by atoms with Crippen LogP contribution in [0.25, 0.3) is 0 Å². The van der Waals surface area contributed by atoms with Crippen molar-refractivity contribution >= 4 is 33.1 Å². The fourth-order valence-electron chi connectivity index (χ4n) is 2.28. The first-order chi connectivity index (χ1) is 9.88. The highest BCUT2D eigenvalue weighted by Crippen LogP contribution is 2.27. The lowest BCUT2D eigenvalue weighted by Crippen LogP contribution is -2.37. The number of sulfonamides is 1. The molecule has 1 fully saturated rings. The van der Waals surface area contributed by atoms with Crippen molar-refractivity contribution in [3.63, 3.8) is 0 Å². The molecule has 1 aliphatic rings. The molecule has 7 heteroatoms. The molecule has 2 rings (SSSR count). The van der Waals surface area contributed by atoms with Crippen LogP contribution in [0.4, 0.5) is 0 Å². The monoisotopic (exact) mass is 348 g/mol. The predicted molar refractivity (Wildman–Crippen MR) is 91.7 cm³/mol. The lowest BCUT2D eigenvalue weighted by molar-refractivity contribution is 0.528. The minimum Gasteiger partial charge on any atom is -0.310 e. The van der Waals surface area contributed by atoms with Gasteiger partial charge in [-0.05, 0) is 37.3 Å². The van der Waals surface area contributed by atoms with Crippen molar-refractivity contribution in [1.82, 2.24) is 10.0 Å². The molecule has 0 atom stereocenters. The molecule has 1 aliphatic heterocycles. The number of hydrogen-bond acceptors (Lipinski definition) is 5. The fourth-order valence-corrected chi connectivity index (χ4v) is 6.28. The van der Waals surface area contributed by atoms with E-state index in [1.165, 1.54) is 0 Å². The summed E-state index contributed by atoms with van der Waals surface area (Å²) in [7, 11) is -3.38. The summed E-state index contributed by atoms with van der Waals surface area (Å²) in [6.45, 7) is 6.77. The van der Waals surface area contributed by atoms with Gasteiger partial charge in [-0.2, -0.15) is 11.8 Å². The molecule has 4 nitrogen and oxygen atoms in total. The SMILES string of the molecule is Cc1sc(CNC(C)C)cc1S(=O)(=O)NC1CCSCC1. The normalized spacial score (nSPS) is 17.5. The van der Waals surface area contributed by atoms with Crippen LogP contribution in [0.15, 0.2) is 11.0 Å². The van der Waals surface area contributed by atoms with Gasteiger partial charge in [0.25, 0.3) is 0 Å². The van der Waals surface area contributed by atoms with Gasteiger partial charge in [0.1, 0.15) is 0 Å². The summed E-state index contributed by atoms with van der Waals surface area (Å²) in [6, 6.07) is 2.30.